The van der Waals surface area contributed by atoms with Gasteiger partial charge in [0.15, 0.2) is 0 Å². The molecule has 1 rings (SSSR count). The maximum absolute atomic E-state index is 11.9. The Morgan fingerprint density at radius 1 is 1.33 bits per heavy atom. The number of aliphatic hydroxyl groups is 1. The van der Waals surface area contributed by atoms with E-state index in [1.165, 1.54) is 6.42 Å². The highest BCUT2D eigenvalue weighted by Crippen LogP contribution is 2.29. The molecule has 0 aromatic carbocycles. The van der Waals surface area contributed by atoms with Crippen LogP contribution >= 0.6 is 0 Å². The molecule has 1 heterocycles. The van der Waals surface area contributed by atoms with Gasteiger partial charge in [-0.15, -0.1) is 0 Å². The Balaban J connectivity index is 2.25. The van der Waals surface area contributed by atoms with E-state index in [0.717, 1.165) is 19.4 Å². The summed E-state index contributed by atoms with van der Waals surface area (Å²) in [4.78, 5) is 13.9. The van der Waals surface area contributed by atoms with Gasteiger partial charge in [0.1, 0.15) is 0 Å². The Bertz CT molecular complexity index is 273. The molecular formula is C14H28N2O2. The summed E-state index contributed by atoms with van der Waals surface area (Å²) in [6.07, 6.45) is 3.37. The topological polar surface area (TPSA) is 52.6 Å². The first kappa shape index (κ1) is 15.4. The summed E-state index contributed by atoms with van der Waals surface area (Å²) in [7, 11) is 0. The van der Waals surface area contributed by atoms with Crippen LogP contribution in [0.15, 0.2) is 0 Å². The van der Waals surface area contributed by atoms with Gasteiger partial charge in [-0.25, -0.2) is 0 Å². The third-order valence-electron chi connectivity index (χ3n) is 4.04. The summed E-state index contributed by atoms with van der Waals surface area (Å²) in [5.41, 5.74) is -0.600. The van der Waals surface area contributed by atoms with Crippen molar-refractivity contribution in [1.29, 1.82) is 0 Å². The van der Waals surface area contributed by atoms with Crippen LogP contribution in [0.25, 0.3) is 0 Å². The minimum atomic E-state index is -0.600. The number of nitrogens with one attached hydrogen (secondary N) is 1. The second kappa shape index (κ2) is 6.53. The van der Waals surface area contributed by atoms with E-state index in [1.54, 1.807) is 0 Å². The molecular weight excluding hydrogens is 228 g/mol. The molecule has 0 saturated carbocycles. The van der Waals surface area contributed by atoms with Gasteiger partial charge in [0.05, 0.1) is 11.6 Å². The average molecular weight is 256 g/mol. The zero-order chi connectivity index (χ0) is 13.8. The molecule has 106 valence electrons. The first-order valence-corrected chi connectivity index (χ1v) is 7.15. The van der Waals surface area contributed by atoms with E-state index >= 15 is 0 Å². The van der Waals surface area contributed by atoms with E-state index in [9.17, 15) is 9.90 Å². The normalized spacial score (nSPS) is 20.6. The summed E-state index contributed by atoms with van der Waals surface area (Å²) in [6.45, 7) is 10.1. The fourth-order valence-electron chi connectivity index (χ4n) is 2.20. The van der Waals surface area contributed by atoms with Gasteiger partial charge in [0.2, 0.25) is 5.91 Å². The molecule has 0 aliphatic carbocycles. The number of unbranched alkanes of at least 4 members (excludes halogenated alkanes) is 2. The van der Waals surface area contributed by atoms with Crippen LogP contribution in [0.5, 0.6) is 0 Å². The van der Waals surface area contributed by atoms with Gasteiger partial charge in [-0.2, -0.15) is 0 Å². The van der Waals surface area contributed by atoms with Crippen LogP contribution in [0.4, 0.5) is 0 Å². The van der Waals surface area contributed by atoms with Gasteiger partial charge < -0.3 is 10.4 Å². The van der Waals surface area contributed by atoms with Crippen LogP contribution in [-0.4, -0.2) is 47.2 Å². The number of likely N-dealkylation sites (tertiary alicyclic amines) is 1. The molecule has 1 aliphatic rings. The third-order valence-corrected chi connectivity index (χ3v) is 4.04. The zero-order valence-electron chi connectivity index (χ0n) is 12.2. The Hall–Kier alpha value is -0.610. The highest BCUT2D eigenvalue weighted by Gasteiger charge is 2.46. The van der Waals surface area contributed by atoms with E-state index in [4.69, 9.17) is 0 Å². The highest BCUT2D eigenvalue weighted by atomic mass is 16.3. The predicted molar refractivity (Wildman–Crippen MR) is 73.4 cm³/mol. The van der Waals surface area contributed by atoms with Crippen molar-refractivity contribution < 1.29 is 9.90 Å². The molecule has 0 spiro atoms. The largest absolute Gasteiger partial charge is 0.387 e. The lowest BCUT2D eigenvalue weighted by atomic mass is 9.82. The van der Waals surface area contributed by atoms with Gasteiger partial charge >= 0.3 is 0 Å². The molecule has 1 fully saturated rings. The maximum atomic E-state index is 11.9. The number of carbonyl (C=O) groups excluding carboxylic acids is 1. The number of β-amino-alcohol motifs (C(OH)–C–C–N with tert-alkyl or cyclic N) is 1. The average Bonchev–Trinajstić information content (AvgIpc) is 2.29. The number of carbonyl (C=O) groups is 1. The summed E-state index contributed by atoms with van der Waals surface area (Å²) >= 11 is 0. The van der Waals surface area contributed by atoms with Crippen molar-refractivity contribution in [3.8, 4) is 0 Å². The van der Waals surface area contributed by atoms with Gasteiger partial charge in [-0.3, -0.25) is 9.69 Å². The van der Waals surface area contributed by atoms with Crippen molar-refractivity contribution in [3.05, 3.63) is 0 Å². The van der Waals surface area contributed by atoms with E-state index < -0.39 is 5.60 Å². The molecule has 1 unspecified atom stereocenters. The number of amides is 1. The lowest BCUT2D eigenvalue weighted by molar-refractivity contribution is -0.153. The summed E-state index contributed by atoms with van der Waals surface area (Å²) in [5, 5.41) is 13.1. The molecule has 0 aromatic heterocycles. The van der Waals surface area contributed by atoms with Crippen LogP contribution in [0, 0.1) is 5.92 Å². The van der Waals surface area contributed by atoms with Gasteiger partial charge in [-0.1, -0.05) is 33.6 Å². The highest BCUT2D eigenvalue weighted by molar-refractivity contribution is 5.81. The SMILES string of the molecule is CCCCCNC(=O)C(C)N1CC(O)(C(C)C)C1. The molecule has 1 saturated heterocycles. The fourth-order valence-corrected chi connectivity index (χ4v) is 2.20. The van der Waals surface area contributed by atoms with Crippen molar-refractivity contribution >= 4 is 5.91 Å². The Kier molecular flexibility index (Phi) is 5.60. The summed E-state index contributed by atoms with van der Waals surface area (Å²) < 4.78 is 0. The minimum absolute atomic E-state index is 0.0805. The van der Waals surface area contributed by atoms with Crippen molar-refractivity contribution in [2.45, 2.75) is 58.6 Å². The second-order valence-electron chi connectivity index (χ2n) is 5.84. The van der Waals surface area contributed by atoms with Crippen LogP contribution in [0.3, 0.4) is 0 Å². The van der Waals surface area contributed by atoms with Crippen molar-refractivity contribution in [2.75, 3.05) is 19.6 Å². The Morgan fingerprint density at radius 3 is 2.44 bits per heavy atom. The van der Waals surface area contributed by atoms with E-state index in [1.807, 2.05) is 25.7 Å². The summed E-state index contributed by atoms with van der Waals surface area (Å²) in [6, 6.07) is -0.134. The molecule has 1 aliphatic heterocycles. The number of nitrogens with zero attached hydrogens (tertiary/aromatic N) is 1. The molecule has 0 bridgehead atoms. The van der Waals surface area contributed by atoms with Crippen LogP contribution < -0.4 is 5.32 Å². The molecule has 1 atom stereocenters. The lowest BCUT2D eigenvalue weighted by Crippen LogP contribution is -2.68. The van der Waals surface area contributed by atoms with Crippen LogP contribution in [-0.2, 0) is 4.79 Å². The van der Waals surface area contributed by atoms with Gasteiger partial charge in [0.25, 0.3) is 0 Å². The predicted octanol–water partition coefficient (Wildman–Crippen LogP) is 1.38. The molecule has 1 amide bonds. The maximum Gasteiger partial charge on any atom is 0.237 e. The molecule has 0 radical (unpaired) electrons. The van der Waals surface area contributed by atoms with E-state index in [2.05, 4.69) is 12.2 Å². The van der Waals surface area contributed by atoms with Crippen molar-refractivity contribution in [1.82, 2.24) is 10.2 Å². The number of rotatable bonds is 7. The second-order valence-corrected chi connectivity index (χ2v) is 5.84. The van der Waals surface area contributed by atoms with Crippen LogP contribution in [0.1, 0.15) is 47.0 Å². The molecule has 4 heteroatoms. The first-order valence-electron chi connectivity index (χ1n) is 7.15. The zero-order valence-corrected chi connectivity index (χ0v) is 12.2. The van der Waals surface area contributed by atoms with E-state index in [-0.39, 0.29) is 17.9 Å². The number of hydrogen-bond donors (Lipinski definition) is 2. The number of hydrogen-bond acceptors (Lipinski definition) is 3. The molecule has 18 heavy (non-hydrogen) atoms. The molecule has 2 N–H and O–H groups in total. The summed E-state index contributed by atoms with van der Waals surface area (Å²) in [5.74, 6) is 0.325. The minimum Gasteiger partial charge on any atom is -0.387 e. The van der Waals surface area contributed by atoms with Crippen molar-refractivity contribution in [2.24, 2.45) is 5.92 Å². The Morgan fingerprint density at radius 2 is 1.94 bits per heavy atom. The van der Waals surface area contributed by atoms with E-state index in [0.29, 0.717) is 13.1 Å². The standard InChI is InChI=1S/C14H28N2O2/c1-5-6-7-8-15-13(17)12(4)16-9-14(18,10-16)11(2)3/h11-12,18H,5-10H2,1-4H3,(H,15,17). The smallest absolute Gasteiger partial charge is 0.237 e. The third kappa shape index (κ3) is 3.69. The van der Waals surface area contributed by atoms with Crippen molar-refractivity contribution in [3.63, 3.8) is 0 Å². The fraction of sp³-hybridized carbons (Fsp3) is 0.929. The molecule has 0 aromatic rings. The Labute approximate surface area is 111 Å². The van der Waals surface area contributed by atoms with Crippen LogP contribution in [0.2, 0.25) is 0 Å². The van der Waals surface area contributed by atoms with Gasteiger partial charge in [-0.05, 0) is 19.3 Å². The first-order chi connectivity index (χ1) is 8.40. The quantitative estimate of drug-likeness (QED) is 0.677. The molecule has 4 nitrogen and oxygen atoms in total. The lowest BCUT2D eigenvalue weighted by Gasteiger charge is -2.51. The monoisotopic (exact) mass is 256 g/mol. The van der Waals surface area contributed by atoms with Gasteiger partial charge in [0, 0.05) is 19.6 Å².